The van der Waals surface area contributed by atoms with Crippen molar-refractivity contribution in [3.63, 3.8) is 0 Å². The number of hydrogen-bond donors (Lipinski definition) is 3. The van der Waals surface area contributed by atoms with Gasteiger partial charge in [0.1, 0.15) is 23.0 Å². The van der Waals surface area contributed by atoms with E-state index in [0.717, 1.165) is 12.1 Å². The maximum atomic E-state index is 13.3. The number of carbonyl (C=O) groups excluding carboxylic acids is 2. The molecule has 2 rings (SSSR count). The lowest BCUT2D eigenvalue weighted by Gasteiger charge is -2.37. The van der Waals surface area contributed by atoms with Gasteiger partial charge in [-0.25, -0.2) is 14.2 Å². The van der Waals surface area contributed by atoms with Crippen LogP contribution in [0.15, 0.2) is 34.6 Å². The summed E-state index contributed by atoms with van der Waals surface area (Å²) in [5, 5.41) is 21.6. The molecule has 1 fully saturated rings. The first-order valence-electron chi connectivity index (χ1n) is 8.71. The zero-order valence-corrected chi connectivity index (χ0v) is 16.2. The number of halogens is 1. The zero-order valence-electron chi connectivity index (χ0n) is 16.2. The Morgan fingerprint density at radius 2 is 2.07 bits per heavy atom. The predicted octanol–water partition coefficient (Wildman–Crippen LogP) is 1.60. The summed E-state index contributed by atoms with van der Waals surface area (Å²) in [6.07, 6.45) is 0.559. The molecule has 1 aromatic rings. The number of aliphatic hydroxyl groups excluding tert-OH is 1. The Bertz CT molecular complexity index is 890. The van der Waals surface area contributed by atoms with E-state index in [4.69, 9.17) is 4.74 Å². The largest absolute Gasteiger partial charge is 0.510 e. The van der Waals surface area contributed by atoms with E-state index in [9.17, 15) is 29.0 Å². The van der Waals surface area contributed by atoms with Crippen LogP contribution in [0.4, 0.5) is 4.39 Å². The van der Waals surface area contributed by atoms with Crippen LogP contribution in [0.25, 0.3) is 0 Å². The van der Waals surface area contributed by atoms with Crippen molar-refractivity contribution in [3.8, 4) is 0 Å². The highest BCUT2D eigenvalue weighted by Gasteiger charge is 2.35. The highest BCUT2D eigenvalue weighted by Crippen LogP contribution is 2.21. The van der Waals surface area contributed by atoms with Crippen molar-refractivity contribution in [2.24, 2.45) is 4.99 Å². The fourth-order valence-electron chi connectivity index (χ4n) is 2.78. The number of amidine groups is 1. The number of morpholine rings is 1. The van der Waals surface area contributed by atoms with Gasteiger partial charge in [0.15, 0.2) is 5.70 Å². The minimum atomic E-state index is -1.34. The Labute approximate surface area is 166 Å². The topological polar surface area (TPSA) is 129 Å². The van der Waals surface area contributed by atoms with Crippen LogP contribution in [0.3, 0.4) is 0 Å². The second kappa shape index (κ2) is 8.82. The first-order valence-corrected chi connectivity index (χ1v) is 8.71. The molecular formula is C19H22FN3O6. The van der Waals surface area contributed by atoms with Crippen molar-refractivity contribution in [2.45, 2.75) is 32.9 Å². The number of nitrogens with one attached hydrogen (secondary N) is 1. The van der Waals surface area contributed by atoms with E-state index in [2.05, 4.69) is 10.3 Å². The quantitative estimate of drug-likeness (QED) is 0.373. The molecule has 1 aliphatic rings. The summed E-state index contributed by atoms with van der Waals surface area (Å²) in [6.45, 7) is 4.88. The number of carboxylic acids is 1. The van der Waals surface area contributed by atoms with Crippen molar-refractivity contribution in [1.29, 1.82) is 0 Å². The van der Waals surface area contributed by atoms with Gasteiger partial charge >= 0.3 is 5.97 Å². The van der Waals surface area contributed by atoms with E-state index in [1.807, 2.05) is 0 Å². The van der Waals surface area contributed by atoms with Crippen LogP contribution in [0.1, 0.15) is 36.7 Å². The normalized spacial score (nSPS) is 18.2. The van der Waals surface area contributed by atoms with Gasteiger partial charge in [-0.3, -0.25) is 14.5 Å². The van der Waals surface area contributed by atoms with Gasteiger partial charge in [-0.05, 0) is 38.5 Å². The van der Waals surface area contributed by atoms with Crippen LogP contribution in [0.2, 0.25) is 0 Å². The van der Waals surface area contributed by atoms with Crippen molar-refractivity contribution in [3.05, 3.63) is 46.6 Å². The third kappa shape index (κ3) is 5.17. The number of ether oxygens (including phenoxy) is 1. The second-order valence-electron chi connectivity index (χ2n) is 6.82. The van der Waals surface area contributed by atoms with Crippen molar-refractivity contribution < 1.29 is 33.7 Å². The minimum Gasteiger partial charge on any atom is -0.510 e. The van der Waals surface area contributed by atoms with Crippen molar-refractivity contribution >= 4 is 24.1 Å². The van der Waals surface area contributed by atoms with E-state index in [1.165, 1.54) is 17.9 Å². The monoisotopic (exact) mass is 407 g/mol. The number of benzene rings is 1. The molecule has 0 radical (unpaired) electrons. The first-order chi connectivity index (χ1) is 13.6. The minimum absolute atomic E-state index is 0.144. The lowest BCUT2D eigenvalue weighted by atomic mass is 10.1. The van der Waals surface area contributed by atoms with Gasteiger partial charge in [-0.2, -0.15) is 0 Å². The maximum Gasteiger partial charge on any atom is 0.336 e. The molecule has 1 aromatic carbocycles. The lowest BCUT2D eigenvalue weighted by molar-refractivity contribution is -0.119. The number of allylic oxidation sites excluding steroid dienone is 1. The second-order valence-corrected chi connectivity index (χ2v) is 6.82. The Hall–Kier alpha value is -3.27. The molecule has 1 saturated heterocycles. The molecule has 0 saturated carbocycles. The number of carboxylic acid groups (broad SMARTS) is 1. The molecule has 0 unspecified atom stereocenters. The first kappa shape index (κ1) is 22.0. The van der Waals surface area contributed by atoms with Crippen LogP contribution in [0.5, 0.6) is 0 Å². The summed E-state index contributed by atoms with van der Waals surface area (Å²) in [5.74, 6) is -3.12. The van der Waals surface area contributed by atoms with Gasteiger partial charge in [0.05, 0.1) is 18.7 Å². The third-order valence-corrected chi connectivity index (χ3v) is 4.25. The number of nitrogens with zero attached hydrogens (tertiary/aromatic N) is 2. The molecule has 0 spiro atoms. The van der Waals surface area contributed by atoms with Gasteiger partial charge in [-0.1, -0.05) is 6.07 Å². The molecule has 1 aliphatic heterocycles. The molecule has 0 aliphatic carbocycles. The molecule has 156 valence electrons. The summed E-state index contributed by atoms with van der Waals surface area (Å²) in [7, 11) is 0. The average molecular weight is 407 g/mol. The molecule has 2 amide bonds. The Morgan fingerprint density at radius 1 is 1.38 bits per heavy atom. The fraction of sp³-hybridized carbons (Fsp3) is 0.368. The number of carbonyl (C=O) groups is 3. The van der Waals surface area contributed by atoms with Crippen LogP contribution in [-0.4, -0.2) is 58.0 Å². The van der Waals surface area contributed by atoms with E-state index in [0.29, 0.717) is 6.41 Å². The molecule has 3 N–H and O–H groups in total. The van der Waals surface area contributed by atoms with Crippen molar-refractivity contribution in [2.75, 3.05) is 13.2 Å². The van der Waals surface area contributed by atoms with Gasteiger partial charge in [0.25, 0.3) is 5.91 Å². The third-order valence-electron chi connectivity index (χ3n) is 4.25. The van der Waals surface area contributed by atoms with E-state index < -0.39 is 29.1 Å². The summed E-state index contributed by atoms with van der Waals surface area (Å²) >= 11 is 0. The van der Waals surface area contributed by atoms with Crippen LogP contribution in [0, 0.1) is 5.82 Å². The molecule has 1 heterocycles. The molecule has 0 atom stereocenters. The summed E-state index contributed by atoms with van der Waals surface area (Å²) in [6, 6.07) is 3.17. The number of amides is 2. The molecular weight excluding hydrogens is 385 g/mol. The number of aromatic carboxylic acids is 1. The smallest absolute Gasteiger partial charge is 0.336 e. The highest BCUT2D eigenvalue weighted by atomic mass is 19.1. The van der Waals surface area contributed by atoms with E-state index in [-0.39, 0.29) is 42.4 Å². The van der Waals surface area contributed by atoms with Crippen LogP contribution >= 0.6 is 0 Å². The summed E-state index contributed by atoms with van der Waals surface area (Å²) in [5.41, 5.74) is -1.46. The summed E-state index contributed by atoms with van der Waals surface area (Å²) in [4.78, 5) is 40.6. The number of aliphatic imine (C=N–C) groups is 1. The lowest BCUT2D eigenvalue weighted by Crippen LogP contribution is -2.53. The van der Waals surface area contributed by atoms with Gasteiger partial charge < -0.3 is 20.3 Å². The highest BCUT2D eigenvalue weighted by molar-refractivity contribution is 6.02. The molecule has 0 bridgehead atoms. The van der Waals surface area contributed by atoms with Crippen LogP contribution in [-0.2, 0) is 20.9 Å². The number of rotatable bonds is 6. The predicted molar refractivity (Wildman–Crippen MR) is 101 cm³/mol. The van der Waals surface area contributed by atoms with Crippen LogP contribution < -0.4 is 5.32 Å². The Balaban J connectivity index is 2.29. The Kier molecular flexibility index (Phi) is 6.70. The number of hydrogen-bond acceptors (Lipinski definition) is 6. The molecule has 9 nitrogen and oxygen atoms in total. The molecule has 10 heteroatoms. The molecule has 29 heavy (non-hydrogen) atoms. The standard InChI is InChI=1S/C19H22FN3O6/c1-11(25)15(22-18-19(2,3)29-7-6-23(18)10-24)16(26)21-9-12-4-5-13(20)8-14(12)17(27)28/h4-5,8,10,25H,6-7,9H2,1-3H3,(H,21,26)(H,27,28)/b15-11+,22-18?. The Morgan fingerprint density at radius 3 is 2.66 bits per heavy atom. The summed E-state index contributed by atoms with van der Waals surface area (Å²) < 4.78 is 18.9. The van der Waals surface area contributed by atoms with Crippen molar-refractivity contribution in [1.82, 2.24) is 10.2 Å². The van der Waals surface area contributed by atoms with E-state index in [1.54, 1.807) is 13.8 Å². The fourth-order valence-corrected chi connectivity index (χ4v) is 2.78. The van der Waals surface area contributed by atoms with E-state index >= 15 is 0 Å². The zero-order chi connectivity index (χ0) is 21.8. The molecule has 0 aromatic heterocycles. The maximum absolute atomic E-state index is 13.3. The van der Waals surface area contributed by atoms with Gasteiger partial charge in [-0.15, -0.1) is 0 Å². The van der Waals surface area contributed by atoms with Gasteiger partial charge in [0, 0.05) is 6.54 Å². The average Bonchev–Trinajstić information content (AvgIpc) is 2.64. The van der Waals surface area contributed by atoms with Gasteiger partial charge in [0.2, 0.25) is 6.41 Å². The number of aliphatic hydroxyl groups is 1. The SMILES string of the molecule is C/C(O)=C(\N=C1N(C=O)CCOC1(C)C)C(=O)NCc1ccc(F)cc1C(=O)O.